The van der Waals surface area contributed by atoms with Crippen molar-refractivity contribution in [2.45, 2.75) is 38.8 Å². The number of hydrogen-bond donors (Lipinski definition) is 1. The van der Waals surface area contributed by atoms with E-state index in [0.29, 0.717) is 17.1 Å². The molecule has 0 unspecified atom stereocenters. The second-order valence-corrected chi connectivity index (χ2v) is 8.35. The van der Waals surface area contributed by atoms with Gasteiger partial charge in [0.05, 0.1) is 12.1 Å². The van der Waals surface area contributed by atoms with Crippen LogP contribution in [-0.4, -0.2) is 32.5 Å². The first-order chi connectivity index (χ1) is 14.6. The van der Waals surface area contributed by atoms with E-state index >= 15 is 0 Å². The molecular formula is C23H24N4O3. The lowest BCUT2D eigenvalue weighted by molar-refractivity contribution is -0.152. The lowest BCUT2D eigenvalue weighted by atomic mass is 9.84. The number of esters is 1. The van der Waals surface area contributed by atoms with E-state index in [1.165, 1.54) is 6.20 Å². The molecule has 7 heteroatoms. The Kier molecular flexibility index (Phi) is 4.73. The molecule has 1 amide bonds. The number of ether oxygens (including phenoxy) is 1. The topological polar surface area (TPSA) is 85.6 Å². The number of carbonyl (C=O) groups is 2. The fraction of sp³-hybridized carbons (Fsp3) is 0.391. The van der Waals surface area contributed by atoms with Crippen LogP contribution in [0.4, 0.5) is 0 Å². The average molecular weight is 404 g/mol. The highest BCUT2D eigenvalue weighted by atomic mass is 16.5. The first-order valence-electron chi connectivity index (χ1n) is 10.4. The van der Waals surface area contributed by atoms with E-state index in [1.807, 2.05) is 43.3 Å². The molecule has 2 bridgehead atoms. The molecule has 154 valence electrons. The maximum atomic E-state index is 13.1. The highest BCUT2D eigenvalue weighted by Gasteiger charge is 2.52. The van der Waals surface area contributed by atoms with E-state index < -0.39 is 0 Å². The lowest BCUT2D eigenvalue weighted by Crippen LogP contribution is -2.47. The number of aryl methyl sites for hydroxylation is 1. The zero-order chi connectivity index (χ0) is 20.7. The van der Waals surface area contributed by atoms with Gasteiger partial charge in [-0.3, -0.25) is 9.59 Å². The summed E-state index contributed by atoms with van der Waals surface area (Å²) in [5.41, 5.74) is 2.73. The monoisotopic (exact) mass is 404 g/mol. The highest BCUT2D eigenvalue weighted by molar-refractivity contribution is 6.00. The number of aromatic nitrogens is 3. The molecule has 2 aliphatic carbocycles. The van der Waals surface area contributed by atoms with Crippen LogP contribution in [0.3, 0.4) is 0 Å². The van der Waals surface area contributed by atoms with Crippen molar-refractivity contribution in [2.24, 2.45) is 17.8 Å². The van der Waals surface area contributed by atoms with Crippen LogP contribution in [0.25, 0.3) is 5.65 Å². The van der Waals surface area contributed by atoms with Crippen LogP contribution >= 0.6 is 0 Å². The van der Waals surface area contributed by atoms with Crippen LogP contribution in [0, 0.1) is 24.7 Å². The van der Waals surface area contributed by atoms with Crippen molar-refractivity contribution < 1.29 is 14.3 Å². The fourth-order valence-corrected chi connectivity index (χ4v) is 5.01. The van der Waals surface area contributed by atoms with Crippen LogP contribution in [-0.2, 0) is 16.1 Å². The second-order valence-electron chi connectivity index (χ2n) is 8.35. The fourth-order valence-electron chi connectivity index (χ4n) is 5.01. The minimum atomic E-state index is -0.298. The molecule has 1 aromatic carbocycles. The summed E-state index contributed by atoms with van der Waals surface area (Å²) < 4.78 is 7.23. The third-order valence-corrected chi connectivity index (χ3v) is 6.46. The molecule has 2 heterocycles. The molecule has 30 heavy (non-hydrogen) atoms. The predicted molar refractivity (Wildman–Crippen MR) is 110 cm³/mol. The predicted octanol–water partition coefficient (Wildman–Crippen LogP) is 2.93. The molecule has 0 radical (unpaired) electrons. The highest BCUT2D eigenvalue weighted by Crippen LogP contribution is 2.49. The van der Waals surface area contributed by atoms with Crippen molar-refractivity contribution in [3.05, 3.63) is 65.6 Å². The lowest BCUT2D eigenvalue weighted by Gasteiger charge is -2.30. The number of rotatable bonds is 5. The normalized spacial score (nSPS) is 24.8. The third kappa shape index (κ3) is 3.34. The van der Waals surface area contributed by atoms with Gasteiger partial charge in [0.1, 0.15) is 12.2 Å². The Hall–Kier alpha value is -3.22. The van der Waals surface area contributed by atoms with Gasteiger partial charge in [-0.25, -0.2) is 9.50 Å². The first-order valence-corrected chi connectivity index (χ1v) is 10.4. The van der Waals surface area contributed by atoms with Gasteiger partial charge in [-0.05, 0) is 49.7 Å². The first kappa shape index (κ1) is 18.8. The molecule has 0 spiro atoms. The van der Waals surface area contributed by atoms with Crippen molar-refractivity contribution >= 4 is 17.5 Å². The summed E-state index contributed by atoms with van der Waals surface area (Å²) in [5.74, 6) is -0.169. The molecule has 2 aliphatic rings. The average Bonchev–Trinajstić information content (AvgIpc) is 3.47. The Morgan fingerprint density at radius 3 is 2.80 bits per heavy atom. The maximum absolute atomic E-state index is 13.1. The molecule has 3 aromatic rings. The van der Waals surface area contributed by atoms with Crippen molar-refractivity contribution in [1.82, 2.24) is 19.9 Å². The minimum absolute atomic E-state index is 0.209. The van der Waals surface area contributed by atoms with E-state index in [4.69, 9.17) is 4.74 Å². The molecule has 4 atom stereocenters. The Labute approximate surface area is 174 Å². The zero-order valence-corrected chi connectivity index (χ0v) is 16.8. The van der Waals surface area contributed by atoms with E-state index in [9.17, 15) is 9.59 Å². The number of benzene rings is 1. The largest absolute Gasteiger partial charge is 0.461 e. The maximum Gasteiger partial charge on any atom is 0.311 e. The number of amides is 1. The van der Waals surface area contributed by atoms with E-state index in [2.05, 4.69) is 15.4 Å². The van der Waals surface area contributed by atoms with Gasteiger partial charge in [0.2, 0.25) is 0 Å². The van der Waals surface area contributed by atoms with Crippen LogP contribution in [0.5, 0.6) is 0 Å². The molecular weight excluding hydrogens is 380 g/mol. The Bertz CT molecular complexity index is 1090. The standard InChI is InChI=1S/C23H24N4O3/c1-14-9-10-27-21(25-14)18(12-24-27)22(28)26-20-17-8-7-16(11-17)19(20)23(29)30-13-15-5-3-2-4-6-15/h2-6,9-10,12,16-17,19-20H,7-8,11,13H2,1H3,(H,26,28)/t16-,17-,19+,20-/m0/s1. The van der Waals surface area contributed by atoms with Gasteiger partial charge < -0.3 is 10.1 Å². The van der Waals surface area contributed by atoms with Crippen molar-refractivity contribution in [1.29, 1.82) is 0 Å². The third-order valence-electron chi connectivity index (χ3n) is 6.46. The Morgan fingerprint density at radius 1 is 1.17 bits per heavy atom. The zero-order valence-electron chi connectivity index (χ0n) is 16.8. The summed E-state index contributed by atoms with van der Waals surface area (Å²) in [5, 5.41) is 7.34. The quantitative estimate of drug-likeness (QED) is 0.661. The van der Waals surface area contributed by atoms with E-state index in [0.717, 1.165) is 30.5 Å². The molecule has 0 aliphatic heterocycles. The van der Waals surface area contributed by atoms with E-state index in [1.54, 1.807) is 10.7 Å². The minimum Gasteiger partial charge on any atom is -0.461 e. The second kappa shape index (κ2) is 7.55. The van der Waals surface area contributed by atoms with Gasteiger partial charge in [-0.2, -0.15) is 5.10 Å². The molecule has 5 rings (SSSR count). The van der Waals surface area contributed by atoms with E-state index in [-0.39, 0.29) is 36.4 Å². The Morgan fingerprint density at radius 2 is 1.97 bits per heavy atom. The van der Waals surface area contributed by atoms with Gasteiger partial charge in [-0.1, -0.05) is 30.3 Å². The van der Waals surface area contributed by atoms with Gasteiger partial charge in [0, 0.05) is 17.9 Å². The van der Waals surface area contributed by atoms with Gasteiger partial charge in [-0.15, -0.1) is 0 Å². The summed E-state index contributed by atoms with van der Waals surface area (Å²) in [6.07, 6.45) is 6.33. The van der Waals surface area contributed by atoms with Crippen LogP contribution < -0.4 is 5.32 Å². The number of hydrogen-bond acceptors (Lipinski definition) is 5. The summed E-state index contributed by atoms with van der Waals surface area (Å²) in [6, 6.07) is 11.3. The number of fused-ring (bicyclic) bond motifs is 3. The summed E-state index contributed by atoms with van der Waals surface area (Å²) in [4.78, 5) is 30.4. The molecule has 2 saturated carbocycles. The Balaban J connectivity index is 1.32. The number of carbonyl (C=O) groups excluding carboxylic acids is 2. The molecule has 7 nitrogen and oxygen atoms in total. The van der Waals surface area contributed by atoms with Crippen molar-refractivity contribution in [3.63, 3.8) is 0 Å². The van der Waals surface area contributed by atoms with Gasteiger partial charge >= 0.3 is 5.97 Å². The van der Waals surface area contributed by atoms with Crippen LogP contribution in [0.2, 0.25) is 0 Å². The molecule has 2 aromatic heterocycles. The van der Waals surface area contributed by atoms with Crippen LogP contribution in [0.1, 0.15) is 40.9 Å². The molecule has 1 N–H and O–H groups in total. The SMILES string of the molecule is Cc1ccn2ncc(C(=O)N[C@H]3[C@H]4CC[C@@H](C4)[C@H]3C(=O)OCc3ccccc3)c2n1. The summed E-state index contributed by atoms with van der Waals surface area (Å²) in [6.45, 7) is 2.13. The molecule has 2 fully saturated rings. The van der Waals surface area contributed by atoms with Gasteiger partial charge in [0.15, 0.2) is 5.65 Å². The summed E-state index contributed by atoms with van der Waals surface area (Å²) >= 11 is 0. The van der Waals surface area contributed by atoms with Gasteiger partial charge in [0.25, 0.3) is 5.91 Å². The number of nitrogens with one attached hydrogen (secondary N) is 1. The van der Waals surface area contributed by atoms with Crippen molar-refractivity contribution in [2.75, 3.05) is 0 Å². The number of nitrogens with zero attached hydrogens (tertiary/aromatic N) is 3. The van der Waals surface area contributed by atoms with Crippen molar-refractivity contribution in [3.8, 4) is 0 Å². The summed E-state index contributed by atoms with van der Waals surface area (Å²) in [7, 11) is 0. The molecule has 0 saturated heterocycles. The smallest absolute Gasteiger partial charge is 0.311 e. The van der Waals surface area contributed by atoms with Crippen LogP contribution in [0.15, 0.2) is 48.8 Å².